The minimum Gasteiger partial charge on any atom is -0.327 e. The van der Waals surface area contributed by atoms with E-state index >= 15 is 0 Å². The van der Waals surface area contributed by atoms with Crippen molar-refractivity contribution in [3.8, 4) is 17.2 Å². The van der Waals surface area contributed by atoms with Gasteiger partial charge >= 0.3 is 0 Å². The summed E-state index contributed by atoms with van der Waals surface area (Å²) in [5.74, 6) is 0. The Hall–Kier alpha value is -2.86. The van der Waals surface area contributed by atoms with Gasteiger partial charge in [0.15, 0.2) is 0 Å². The highest BCUT2D eigenvalue weighted by Gasteiger charge is 2.23. The SMILES string of the molecule is N#Cc1ccccc1-c1ccccc1C1CCCc2cncn21. The lowest BCUT2D eigenvalue weighted by molar-refractivity contribution is 0.458. The first-order valence-electron chi connectivity index (χ1n) is 7.97. The number of imidazole rings is 1. The Morgan fingerprint density at radius 2 is 1.83 bits per heavy atom. The third kappa shape index (κ3) is 2.33. The van der Waals surface area contributed by atoms with Crippen molar-refractivity contribution in [3.05, 3.63) is 77.9 Å². The first-order chi connectivity index (χ1) is 11.4. The van der Waals surface area contributed by atoms with Crippen LogP contribution in [0.5, 0.6) is 0 Å². The van der Waals surface area contributed by atoms with E-state index in [1.807, 2.05) is 42.9 Å². The Bertz CT molecular complexity index is 886. The molecule has 0 N–H and O–H groups in total. The maximum atomic E-state index is 9.44. The highest BCUT2D eigenvalue weighted by Crippen LogP contribution is 2.37. The zero-order chi connectivity index (χ0) is 15.6. The van der Waals surface area contributed by atoms with E-state index in [1.165, 1.54) is 17.7 Å². The molecule has 2 aromatic carbocycles. The minimum atomic E-state index is 0.296. The molecule has 0 amide bonds. The van der Waals surface area contributed by atoms with Crippen LogP contribution in [0.3, 0.4) is 0 Å². The first-order valence-corrected chi connectivity index (χ1v) is 7.97. The van der Waals surface area contributed by atoms with E-state index in [0.717, 1.165) is 29.5 Å². The molecule has 0 bridgehead atoms. The highest BCUT2D eigenvalue weighted by atomic mass is 15.1. The van der Waals surface area contributed by atoms with Crippen LogP contribution in [0.2, 0.25) is 0 Å². The van der Waals surface area contributed by atoms with Crippen LogP contribution in [0.4, 0.5) is 0 Å². The van der Waals surface area contributed by atoms with Crippen LogP contribution < -0.4 is 0 Å². The van der Waals surface area contributed by atoms with Crippen molar-refractivity contribution >= 4 is 0 Å². The van der Waals surface area contributed by atoms with E-state index in [1.54, 1.807) is 0 Å². The van der Waals surface area contributed by atoms with E-state index in [9.17, 15) is 5.26 Å². The molecule has 0 radical (unpaired) electrons. The number of rotatable bonds is 2. The number of aryl methyl sites for hydroxylation is 1. The van der Waals surface area contributed by atoms with Crippen molar-refractivity contribution in [2.45, 2.75) is 25.3 Å². The summed E-state index contributed by atoms with van der Waals surface area (Å²) < 4.78 is 2.29. The third-order valence-electron chi connectivity index (χ3n) is 4.65. The Morgan fingerprint density at radius 1 is 1.04 bits per heavy atom. The van der Waals surface area contributed by atoms with Gasteiger partial charge in [-0.1, -0.05) is 42.5 Å². The quantitative estimate of drug-likeness (QED) is 0.706. The molecule has 1 aliphatic heterocycles. The highest BCUT2D eigenvalue weighted by molar-refractivity contribution is 5.73. The third-order valence-corrected chi connectivity index (χ3v) is 4.65. The summed E-state index contributed by atoms with van der Waals surface area (Å²) >= 11 is 0. The summed E-state index contributed by atoms with van der Waals surface area (Å²) in [5.41, 5.74) is 5.45. The van der Waals surface area contributed by atoms with Gasteiger partial charge < -0.3 is 4.57 Å². The molecule has 1 atom stereocenters. The van der Waals surface area contributed by atoms with Crippen LogP contribution in [0.25, 0.3) is 11.1 Å². The number of nitriles is 1. The Labute approximate surface area is 135 Å². The van der Waals surface area contributed by atoms with E-state index in [4.69, 9.17) is 0 Å². The molecular formula is C20H17N3. The van der Waals surface area contributed by atoms with Gasteiger partial charge in [-0.2, -0.15) is 5.26 Å². The first kappa shape index (κ1) is 13.8. The maximum absolute atomic E-state index is 9.44. The summed E-state index contributed by atoms with van der Waals surface area (Å²) in [4.78, 5) is 4.33. The molecule has 0 saturated heterocycles. The smallest absolute Gasteiger partial charge is 0.0998 e. The molecule has 1 aliphatic rings. The molecule has 0 spiro atoms. The number of aromatic nitrogens is 2. The second-order valence-corrected chi connectivity index (χ2v) is 5.94. The average molecular weight is 299 g/mol. The molecule has 1 unspecified atom stereocenters. The Balaban J connectivity index is 1.89. The lowest BCUT2D eigenvalue weighted by atomic mass is 9.88. The molecule has 3 aromatic rings. The maximum Gasteiger partial charge on any atom is 0.0998 e. The van der Waals surface area contributed by atoms with E-state index in [2.05, 4.69) is 33.8 Å². The molecule has 1 aromatic heterocycles. The van der Waals surface area contributed by atoms with Gasteiger partial charge in [-0.3, -0.25) is 0 Å². The van der Waals surface area contributed by atoms with E-state index in [-0.39, 0.29) is 0 Å². The number of nitrogens with zero attached hydrogens (tertiary/aromatic N) is 3. The zero-order valence-electron chi connectivity index (χ0n) is 12.8. The van der Waals surface area contributed by atoms with Crippen LogP contribution in [-0.2, 0) is 6.42 Å². The molecule has 23 heavy (non-hydrogen) atoms. The van der Waals surface area contributed by atoms with Crippen molar-refractivity contribution in [3.63, 3.8) is 0 Å². The predicted octanol–water partition coefficient (Wildman–Crippen LogP) is 4.35. The summed E-state index contributed by atoms with van der Waals surface area (Å²) in [6.45, 7) is 0. The number of benzene rings is 2. The largest absolute Gasteiger partial charge is 0.327 e. The van der Waals surface area contributed by atoms with Crippen LogP contribution in [0.15, 0.2) is 61.1 Å². The topological polar surface area (TPSA) is 41.6 Å². The zero-order valence-corrected chi connectivity index (χ0v) is 12.8. The molecule has 0 saturated carbocycles. The van der Waals surface area contributed by atoms with Crippen molar-refractivity contribution in [2.24, 2.45) is 0 Å². The van der Waals surface area contributed by atoms with Crippen molar-refractivity contribution in [1.29, 1.82) is 5.26 Å². The van der Waals surface area contributed by atoms with Crippen LogP contribution in [0, 0.1) is 11.3 Å². The number of fused-ring (bicyclic) bond motifs is 1. The van der Waals surface area contributed by atoms with Crippen molar-refractivity contribution in [2.75, 3.05) is 0 Å². The fraction of sp³-hybridized carbons (Fsp3) is 0.200. The lowest BCUT2D eigenvalue weighted by Crippen LogP contribution is -2.18. The van der Waals surface area contributed by atoms with Crippen LogP contribution in [-0.4, -0.2) is 9.55 Å². The van der Waals surface area contributed by atoms with Gasteiger partial charge in [-0.15, -0.1) is 0 Å². The Kier molecular flexibility index (Phi) is 3.44. The second-order valence-electron chi connectivity index (χ2n) is 5.94. The summed E-state index contributed by atoms with van der Waals surface area (Å²) in [6.07, 6.45) is 7.28. The fourth-order valence-corrected chi connectivity index (χ4v) is 3.58. The molecule has 3 heteroatoms. The lowest BCUT2D eigenvalue weighted by Gasteiger charge is -2.28. The van der Waals surface area contributed by atoms with Gasteiger partial charge in [0.2, 0.25) is 0 Å². The molecule has 0 fully saturated rings. The average Bonchev–Trinajstić information content (AvgIpc) is 3.10. The second kappa shape index (κ2) is 5.73. The molecule has 4 rings (SSSR count). The summed E-state index contributed by atoms with van der Waals surface area (Å²) in [7, 11) is 0. The number of hydrogen-bond acceptors (Lipinski definition) is 2. The molecular weight excluding hydrogens is 282 g/mol. The van der Waals surface area contributed by atoms with Gasteiger partial charge in [0, 0.05) is 11.9 Å². The molecule has 112 valence electrons. The van der Waals surface area contributed by atoms with Crippen LogP contribution in [0.1, 0.15) is 35.7 Å². The van der Waals surface area contributed by atoms with Gasteiger partial charge in [-0.05, 0) is 42.0 Å². The van der Waals surface area contributed by atoms with Crippen LogP contribution >= 0.6 is 0 Å². The molecule has 0 aliphatic carbocycles. The van der Waals surface area contributed by atoms with Gasteiger partial charge in [0.25, 0.3) is 0 Å². The molecule has 2 heterocycles. The summed E-state index contributed by atoms with van der Waals surface area (Å²) in [5, 5.41) is 9.44. The van der Waals surface area contributed by atoms with Gasteiger partial charge in [0.1, 0.15) is 0 Å². The van der Waals surface area contributed by atoms with Gasteiger partial charge in [0.05, 0.1) is 24.0 Å². The normalized spacial score (nSPS) is 16.6. The standard InChI is InChI=1S/C20H17N3/c21-12-15-6-1-2-8-17(15)18-9-3-4-10-19(18)20-11-5-7-16-13-22-14-23(16)20/h1-4,6,8-10,13-14,20H,5,7,11H2. The number of hydrogen-bond donors (Lipinski definition) is 0. The van der Waals surface area contributed by atoms with Crippen molar-refractivity contribution < 1.29 is 0 Å². The van der Waals surface area contributed by atoms with E-state index < -0.39 is 0 Å². The van der Waals surface area contributed by atoms with Crippen molar-refractivity contribution in [1.82, 2.24) is 9.55 Å². The molecule has 3 nitrogen and oxygen atoms in total. The van der Waals surface area contributed by atoms with Gasteiger partial charge in [-0.25, -0.2) is 4.98 Å². The fourth-order valence-electron chi connectivity index (χ4n) is 3.58. The Morgan fingerprint density at radius 3 is 2.70 bits per heavy atom. The minimum absolute atomic E-state index is 0.296. The summed E-state index contributed by atoms with van der Waals surface area (Å²) in [6, 6.07) is 18.9. The predicted molar refractivity (Wildman–Crippen MR) is 89.9 cm³/mol. The monoisotopic (exact) mass is 299 g/mol. The van der Waals surface area contributed by atoms with E-state index in [0.29, 0.717) is 6.04 Å².